The fourth-order valence-corrected chi connectivity index (χ4v) is 4.26. The molecular formula is C29H50N2O6S. The van der Waals surface area contributed by atoms with E-state index in [2.05, 4.69) is 31.8 Å². The van der Waals surface area contributed by atoms with Crippen LogP contribution in [0, 0.1) is 17.8 Å². The van der Waals surface area contributed by atoms with E-state index >= 15 is 0 Å². The van der Waals surface area contributed by atoms with Crippen molar-refractivity contribution < 1.29 is 29.0 Å². The number of amides is 2. The Hall–Kier alpha value is -2.13. The van der Waals surface area contributed by atoms with Gasteiger partial charge in [0.2, 0.25) is 11.8 Å². The van der Waals surface area contributed by atoms with Gasteiger partial charge in [-0.3, -0.25) is 14.4 Å². The molecule has 0 aromatic carbocycles. The fourth-order valence-electron chi connectivity index (χ4n) is 3.92. The van der Waals surface area contributed by atoms with Crippen LogP contribution in [0.4, 0.5) is 0 Å². The molecule has 0 spiro atoms. The van der Waals surface area contributed by atoms with Crippen LogP contribution in [0.5, 0.6) is 0 Å². The first-order valence-electron chi connectivity index (χ1n) is 13.9. The average Bonchev–Trinajstić information content (AvgIpc) is 2.85. The Morgan fingerprint density at radius 2 is 1.82 bits per heavy atom. The second kappa shape index (κ2) is 21.8. The van der Waals surface area contributed by atoms with E-state index in [0.717, 1.165) is 25.5 Å². The number of unbranched alkanes of at least 4 members (excludes halogenated alkanes) is 1. The first-order chi connectivity index (χ1) is 18.1. The van der Waals surface area contributed by atoms with Crippen molar-refractivity contribution in [2.75, 3.05) is 32.1 Å². The second-order valence-electron chi connectivity index (χ2n) is 10.1. The molecule has 0 heterocycles. The summed E-state index contributed by atoms with van der Waals surface area (Å²) in [5.41, 5.74) is 1.08. The summed E-state index contributed by atoms with van der Waals surface area (Å²) in [5, 5.41) is 12.3. The zero-order valence-corrected chi connectivity index (χ0v) is 24.9. The molecule has 9 heteroatoms. The number of carbonyl (C=O) groups excluding carboxylic acids is 3. The molecule has 2 amide bonds. The van der Waals surface area contributed by atoms with Gasteiger partial charge in [-0.1, -0.05) is 53.2 Å². The third kappa shape index (κ3) is 16.7. The van der Waals surface area contributed by atoms with Gasteiger partial charge in [0.1, 0.15) is 6.29 Å². The molecule has 0 radical (unpaired) electrons. The number of carboxylic acid groups (broad SMARTS) is 1. The number of hydrogen-bond donors (Lipinski definition) is 3. The molecule has 0 rings (SSSR count). The number of carbonyl (C=O) groups is 4. The molecule has 218 valence electrons. The van der Waals surface area contributed by atoms with E-state index in [9.17, 15) is 24.3 Å². The molecule has 0 bridgehead atoms. The van der Waals surface area contributed by atoms with E-state index in [1.54, 1.807) is 4.90 Å². The smallest absolute Gasteiger partial charge is 0.307 e. The Kier molecular flexibility index (Phi) is 20.5. The first-order valence-corrected chi connectivity index (χ1v) is 14.6. The Labute approximate surface area is 235 Å². The molecule has 8 nitrogen and oxygen atoms in total. The van der Waals surface area contributed by atoms with Crippen LogP contribution in [0.25, 0.3) is 0 Å². The number of rotatable bonds is 22. The SMILES string of the molecule is CC/C=C(CC(=O)O)\C(=C/C(C)COCCC(C)C)NC(=O)CCCCN(CC=O)C(=O)C(CS)CCC. The molecule has 0 saturated heterocycles. The van der Waals surface area contributed by atoms with Crippen molar-refractivity contribution in [3.63, 3.8) is 0 Å². The van der Waals surface area contributed by atoms with Gasteiger partial charge >= 0.3 is 5.97 Å². The van der Waals surface area contributed by atoms with Crippen molar-refractivity contribution in [1.29, 1.82) is 0 Å². The van der Waals surface area contributed by atoms with Crippen LogP contribution >= 0.6 is 12.6 Å². The number of aliphatic carboxylic acids is 1. The topological polar surface area (TPSA) is 113 Å². The maximum absolute atomic E-state index is 12.8. The first kappa shape index (κ1) is 35.9. The summed E-state index contributed by atoms with van der Waals surface area (Å²) in [6.45, 7) is 11.7. The zero-order chi connectivity index (χ0) is 28.9. The van der Waals surface area contributed by atoms with Gasteiger partial charge in [-0.25, -0.2) is 0 Å². The standard InChI is InChI=1S/C29H50N2O6S/c1-6-10-24(19-28(34)35)26(18-23(5)20-37-17-13-22(3)4)30-27(33)12-8-9-14-31(15-16-32)29(36)25(21-38)11-7-2/h10,16,18,22-23,25,38H,6-9,11-15,17,19-21H2,1-5H3,(H,30,33)(H,34,35)/b24-10-,26-18+. The largest absolute Gasteiger partial charge is 0.481 e. The van der Waals surface area contributed by atoms with Crippen molar-refractivity contribution in [2.45, 2.75) is 86.0 Å². The van der Waals surface area contributed by atoms with Crippen LogP contribution in [0.2, 0.25) is 0 Å². The van der Waals surface area contributed by atoms with Crippen molar-refractivity contribution in [1.82, 2.24) is 10.2 Å². The second-order valence-corrected chi connectivity index (χ2v) is 10.5. The number of thiol groups is 1. The number of aldehydes is 1. The van der Waals surface area contributed by atoms with E-state index in [-0.39, 0.29) is 43.0 Å². The molecule has 2 atom stereocenters. The summed E-state index contributed by atoms with van der Waals surface area (Å²) in [7, 11) is 0. The predicted molar refractivity (Wildman–Crippen MR) is 155 cm³/mol. The molecule has 38 heavy (non-hydrogen) atoms. The molecule has 0 saturated carbocycles. The summed E-state index contributed by atoms with van der Waals surface area (Å²) in [6.07, 6.45) is 8.74. The van der Waals surface area contributed by atoms with Gasteiger partial charge in [0, 0.05) is 36.9 Å². The van der Waals surface area contributed by atoms with Gasteiger partial charge in [-0.2, -0.15) is 12.6 Å². The van der Waals surface area contributed by atoms with E-state index in [1.807, 2.05) is 32.9 Å². The third-order valence-corrected chi connectivity index (χ3v) is 6.42. The lowest BCUT2D eigenvalue weighted by Gasteiger charge is -2.25. The monoisotopic (exact) mass is 554 g/mol. The highest BCUT2D eigenvalue weighted by Crippen LogP contribution is 2.17. The average molecular weight is 555 g/mol. The summed E-state index contributed by atoms with van der Waals surface area (Å²) < 4.78 is 5.76. The van der Waals surface area contributed by atoms with Crippen LogP contribution in [0.15, 0.2) is 23.4 Å². The van der Waals surface area contributed by atoms with Crippen molar-refractivity contribution in [3.05, 3.63) is 23.4 Å². The van der Waals surface area contributed by atoms with E-state index < -0.39 is 5.97 Å². The van der Waals surface area contributed by atoms with Crippen molar-refractivity contribution >= 4 is 36.7 Å². The minimum atomic E-state index is -0.965. The molecule has 0 fully saturated rings. The number of nitrogens with zero attached hydrogens (tertiary/aromatic N) is 1. The summed E-state index contributed by atoms with van der Waals surface area (Å²) >= 11 is 4.28. The number of allylic oxidation sites excluding steroid dienone is 2. The minimum Gasteiger partial charge on any atom is -0.481 e. The highest BCUT2D eigenvalue weighted by atomic mass is 32.1. The Morgan fingerprint density at radius 1 is 1.11 bits per heavy atom. The molecule has 0 aliphatic heterocycles. The summed E-state index contributed by atoms with van der Waals surface area (Å²) in [4.78, 5) is 49.7. The molecule has 2 unspecified atom stereocenters. The van der Waals surface area contributed by atoms with E-state index in [4.69, 9.17) is 4.74 Å². The number of ether oxygens (including phenoxy) is 1. The van der Waals surface area contributed by atoms with Crippen molar-refractivity contribution in [2.24, 2.45) is 17.8 Å². The highest BCUT2D eigenvalue weighted by Gasteiger charge is 2.22. The van der Waals surface area contributed by atoms with Gasteiger partial charge in [-0.15, -0.1) is 0 Å². The molecular weight excluding hydrogens is 504 g/mol. The maximum atomic E-state index is 12.8. The third-order valence-electron chi connectivity index (χ3n) is 5.98. The zero-order valence-electron chi connectivity index (χ0n) is 24.0. The van der Waals surface area contributed by atoms with Crippen LogP contribution in [0.3, 0.4) is 0 Å². The molecule has 0 aromatic rings. The maximum Gasteiger partial charge on any atom is 0.307 e. The highest BCUT2D eigenvalue weighted by molar-refractivity contribution is 7.80. The van der Waals surface area contributed by atoms with Crippen LogP contribution in [0.1, 0.15) is 86.0 Å². The van der Waals surface area contributed by atoms with E-state index in [1.165, 1.54) is 0 Å². The quantitative estimate of drug-likeness (QED) is 0.0748. The van der Waals surface area contributed by atoms with Gasteiger partial charge in [0.15, 0.2) is 0 Å². The van der Waals surface area contributed by atoms with Gasteiger partial charge in [-0.05, 0) is 49.5 Å². The van der Waals surface area contributed by atoms with E-state index in [0.29, 0.717) is 62.0 Å². The summed E-state index contributed by atoms with van der Waals surface area (Å²) in [6, 6.07) is 0. The molecule has 0 aromatic heterocycles. The predicted octanol–water partition coefficient (Wildman–Crippen LogP) is 5.04. The van der Waals surface area contributed by atoms with Crippen LogP contribution in [-0.2, 0) is 23.9 Å². The van der Waals surface area contributed by atoms with Crippen LogP contribution < -0.4 is 5.32 Å². The number of hydrogen-bond acceptors (Lipinski definition) is 6. The minimum absolute atomic E-state index is 0.0164. The fraction of sp³-hybridized carbons (Fsp3) is 0.724. The number of nitrogens with one attached hydrogen (secondary N) is 1. The summed E-state index contributed by atoms with van der Waals surface area (Å²) in [5.74, 6) is -0.501. The van der Waals surface area contributed by atoms with Crippen LogP contribution in [-0.4, -0.2) is 66.1 Å². The van der Waals surface area contributed by atoms with Gasteiger partial charge < -0.3 is 24.9 Å². The van der Waals surface area contributed by atoms with Gasteiger partial charge in [0.25, 0.3) is 0 Å². The lowest BCUT2D eigenvalue weighted by Crippen LogP contribution is -2.39. The molecule has 0 aliphatic rings. The Morgan fingerprint density at radius 3 is 2.37 bits per heavy atom. The molecule has 2 N–H and O–H groups in total. The van der Waals surface area contributed by atoms with Gasteiger partial charge in [0.05, 0.1) is 19.6 Å². The van der Waals surface area contributed by atoms with Crippen molar-refractivity contribution in [3.8, 4) is 0 Å². The number of carboxylic acids is 1. The normalized spacial score (nSPS) is 13.8. The lowest BCUT2D eigenvalue weighted by atomic mass is 10.0. The Balaban J connectivity index is 5.19. The Bertz CT molecular complexity index is 781. The molecule has 0 aliphatic carbocycles. The lowest BCUT2D eigenvalue weighted by molar-refractivity contribution is -0.137.